The van der Waals surface area contributed by atoms with E-state index >= 15 is 0 Å². The molecule has 2 rings (SSSR count). The fourth-order valence-electron chi connectivity index (χ4n) is 2.25. The van der Waals surface area contributed by atoms with Crippen molar-refractivity contribution < 1.29 is 32.6 Å². The first-order valence-electron chi connectivity index (χ1n) is 6.45. The number of carbonyl (C=O) groups excluding carboxylic acids is 1. The normalized spacial score (nSPS) is 15.6. The number of benzene rings is 1. The molecule has 2 N–H and O–H groups in total. The van der Waals surface area contributed by atoms with E-state index in [0.717, 1.165) is 13.2 Å². The van der Waals surface area contributed by atoms with Gasteiger partial charge < -0.3 is 14.4 Å². The minimum Gasteiger partial charge on any atom is -0.465 e. The zero-order valence-corrected chi connectivity index (χ0v) is 11.7. The summed E-state index contributed by atoms with van der Waals surface area (Å²) in [6.07, 6.45) is -4.63. The van der Waals surface area contributed by atoms with E-state index in [1.165, 1.54) is 4.90 Å². The van der Waals surface area contributed by atoms with E-state index in [1.807, 2.05) is 0 Å². The molecule has 1 aliphatic heterocycles. The Hall–Kier alpha value is -2.00. The lowest BCUT2D eigenvalue weighted by Gasteiger charge is -2.31. The second kappa shape index (κ2) is 6.41. The highest BCUT2D eigenvalue weighted by atomic mass is 19.4. The molecule has 0 aromatic heterocycles. The third kappa shape index (κ3) is 3.25. The van der Waals surface area contributed by atoms with Gasteiger partial charge in [0.2, 0.25) is 0 Å². The molecular weight excluding hydrogens is 305 g/mol. The molecule has 6 nitrogen and oxygen atoms in total. The molecular formula is C13H15F3N2O4. The second-order valence-corrected chi connectivity index (χ2v) is 4.62. The summed E-state index contributed by atoms with van der Waals surface area (Å²) in [7, 11) is 1.11. The van der Waals surface area contributed by atoms with Gasteiger partial charge in [0.15, 0.2) is 0 Å². The van der Waals surface area contributed by atoms with E-state index in [1.54, 1.807) is 5.48 Å². The number of esters is 1. The number of nitrogens with one attached hydrogen (secondary N) is 1. The van der Waals surface area contributed by atoms with Gasteiger partial charge in [0.05, 0.1) is 42.8 Å². The van der Waals surface area contributed by atoms with Crippen molar-refractivity contribution in [1.82, 2.24) is 0 Å². The lowest BCUT2D eigenvalue weighted by atomic mass is 10.0. The van der Waals surface area contributed by atoms with Crippen LogP contribution in [0.1, 0.15) is 15.9 Å². The number of nitrogens with zero attached hydrogens (tertiary/aromatic N) is 1. The molecule has 0 aliphatic carbocycles. The lowest BCUT2D eigenvalue weighted by Crippen LogP contribution is -2.37. The predicted molar refractivity (Wildman–Crippen MR) is 71.2 cm³/mol. The number of hydrogen-bond donors (Lipinski definition) is 2. The number of ether oxygens (including phenoxy) is 2. The zero-order valence-electron chi connectivity index (χ0n) is 11.7. The Kier molecular flexibility index (Phi) is 4.77. The standard InChI is InChI=1S/C13H15F3N2O4/c1-21-12(19)8-6-11(18-2-4-22-5-3-18)9(13(14,15)16)7-10(8)17-20/h6-7,17,20H,2-5H2,1H3. The van der Waals surface area contributed by atoms with E-state index in [-0.39, 0.29) is 30.0 Å². The minimum atomic E-state index is -4.63. The molecule has 1 saturated heterocycles. The fourth-order valence-corrected chi connectivity index (χ4v) is 2.25. The van der Waals surface area contributed by atoms with Gasteiger partial charge in [-0.3, -0.25) is 10.7 Å². The predicted octanol–water partition coefficient (Wildman–Crippen LogP) is 2.13. The van der Waals surface area contributed by atoms with E-state index in [9.17, 15) is 18.0 Å². The van der Waals surface area contributed by atoms with Crippen molar-refractivity contribution in [2.24, 2.45) is 0 Å². The third-order valence-corrected chi connectivity index (χ3v) is 3.32. The Morgan fingerprint density at radius 3 is 2.50 bits per heavy atom. The molecule has 9 heteroatoms. The van der Waals surface area contributed by atoms with Crippen LogP contribution in [0.2, 0.25) is 0 Å². The Morgan fingerprint density at radius 2 is 2.00 bits per heavy atom. The third-order valence-electron chi connectivity index (χ3n) is 3.32. The SMILES string of the molecule is COC(=O)c1cc(N2CCOCC2)c(C(F)(F)F)cc1NO. The average Bonchev–Trinajstić information content (AvgIpc) is 2.52. The van der Waals surface area contributed by atoms with Gasteiger partial charge in [-0.15, -0.1) is 0 Å². The molecule has 1 aromatic carbocycles. The highest BCUT2D eigenvalue weighted by Gasteiger charge is 2.37. The van der Waals surface area contributed by atoms with Crippen molar-refractivity contribution in [2.75, 3.05) is 43.8 Å². The van der Waals surface area contributed by atoms with Crippen molar-refractivity contribution >= 4 is 17.3 Å². The van der Waals surface area contributed by atoms with Crippen LogP contribution >= 0.6 is 0 Å². The van der Waals surface area contributed by atoms with Crippen molar-refractivity contribution in [3.63, 3.8) is 0 Å². The number of rotatable bonds is 3. The first-order chi connectivity index (χ1) is 10.4. The maximum absolute atomic E-state index is 13.3. The molecule has 1 aromatic rings. The molecule has 0 saturated carbocycles. The molecule has 0 unspecified atom stereocenters. The van der Waals surface area contributed by atoms with Crippen molar-refractivity contribution in [2.45, 2.75) is 6.18 Å². The van der Waals surface area contributed by atoms with Gasteiger partial charge in [-0.25, -0.2) is 4.79 Å². The molecule has 1 heterocycles. The van der Waals surface area contributed by atoms with Gasteiger partial charge in [-0.2, -0.15) is 13.2 Å². The van der Waals surface area contributed by atoms with Crippen LogP contribution in [0.4, 0.5) is 24.5 Å². The van der Waals surface area contributed by atoms with E-state index in [0.29, 0.717) is 19.3 Å². The fraction of sp³-hybridized carbons (Fsp3) is 0.462. The Bertz CT molecular complexity index is 557. The summed E-state index contributed by atoms with van der Waals surface area (Å²) < 4.78 is 49.4. The van der Waals surface area contributed by atoms with Crippen molar-refractivity contribution in [1.29, 1.82) is 0 Å². The number of hydrogen-bond acceptors (Lipinski definition) is 6. The molecule has 0 atom stereocenters. The molecule has 0 spiro atoms. The molecule has 1 fully saturated rings. The second-order valence-electron chi connectivity index (χ2n) is 4.62. The lowest BCUT2D eigenvalue weighted by molar-refractivity contribution is -0.137. The summed E-state index contributed by atoms with van der Waals surface area (Å²) >= 11 is 0. The van der Waals surface area contributed by atoms with E-state index in [2.05, 4.69) is 4.74 Å². The van der Waals surface area contributed by atoms with Crippen LogP contribution in [-0.4, -0.2) is 44.6 Å². The number of halogens is 3. The van der Waals surface area contributed by atoms with Gasteiger partial charge in [-0.1, -0.05) is 0 Å². The summed E-state index contributed by atoms with van der Waals surface area (Å²) in [5.41, 5.74) is -0.0253. The first kappa shape index (κ1) is 16.4. The van der Waals surface area contributed by atoms with Gasteiger partial charge in [-0.05, 0) is 12.1 Å². The Morgan fingerprint density at radius 1 is 1.36 bits per heavy atom. The zero-order chi connectivity index (χ0) is 16.3. The molecule has 122 valence electrons. The first-order valence-corrected chi connectivity index (χ1v) is 6.45. The van der Waals surface area contributed by atoms with Crippen molar-refractivity contribution in [3.05, 3.63) is 23.3 Å². The number of carbonyl (C=O) groups is 1. The number of anilines is 2. The van der Waals surface area contributed by atoms with Crippen LogP contribution in [0.25, 0.3) is 0 Å². The van der Waals surface area contributed by atoms with Crippen LogP contribution < -0.4 is 10.4 Å². The maximum Gasteiger partial charge on any atom is 0.418 e. The largest absolute Gasteiger partial charge is 0.465 e. The molecule has 0 radical (unpaired) electrons. The smallest absolute Gasteiger partial charge is 0.418 e. The summed E-state index contributed by atoms with van der Waals surface area (Å²) in [4.78, 5) is 13.2. The van der Waals surface area contributed by atoms with Crippen LogP contribution in [-0.2, 0) is 15.7 Å². The number of methoxy groups -OCH3 is 1. The monoisotopic (exact) mass is 320 g/mol. The maximum atomic E-state index is 13.3. The summed E-state index contributed by atoms with van der Waals surface area (Å²) in [6, 6.07) is 1.76. The van der Waals surface area contributed by atoms with E-state index in [4.69, 9.17) is 9.94 Å². The van der Waals surface area contributed by atoms with Gasteiger partial charge in [0.25, 0.3) is 0 Å². The highest BCUT2D eigenvalue weighted by Crippen LogP contribution is 2.40. The Balaban J connectivity index is 2.58. The quantitative estimate of drug-likeness (QED) is 0.657. The number of morpholine rings is 1. The topological polar surface area (TPSA) is 71.0 Å². The van der Waals surface area contributed by atoms with E-state index < -0.39 is 17.7 Å². The minimum absolute atomic E-state index is 0.143. The molecule has 22 heavy (non-hydrogen) atoms. The van der Waals surface area contributed by atoms with Crippen LogP contribution in [0.15, 0.2) is 12.1 Å². The highest BCUT2D eigenvalue weighted by molar-refractivity contribution is 5.97. The van der Waals surface area contributed by atoms with Crippen LogP contribution in [0, 0.1) is 0 Å². The van der Waals surface area contributed by atoms with Crippen LogP contribution in [0.3, 0.4) is 0 Å². The summed E-state index contributed by atoms with van der Waals surface area (Å²) in [6.45, 7) is 1.14. The number of alkyl halides is 3. The van der Waals surface area contributed by atoms with Gasteiger partial charge in [0.1, 0.15) is 0 Å². The average molecular weight is 320 g/mol. The Labute approximate surface area is 124 Å². The van der Waals surface area contributed by atoms with Gasteiger partial charge >= 0.3 is 12.1 Å². The summed E-state index contributed by atoms with van der Waals surface area (Å²) in [5.74, 6) is -0.847. The van der Waals surface area contributed by atoms with Gasteiger partial charge in [0, 0.05) is 13.1 Å². The molecule has 0 bridgehead atoms. The molecule has 0 amide bonds. The van der Waals surface area contributed by atoms with Crippen LogP contribution in [0.5, 0.6) is 0 Å². The van der Waals surface area contributed by atoms with Crippen molar-refractivity contribution in [3.8, 4) is 0 Å². The summed E-state index contributed by atoms with van der Waals surface area (Å²) in [5, 5.41) is 9.00. The molecule has 1 aliphatic rings.